The molecule has 0 bridgehead atoms. The molecule has 0 aliphatic heterocycles. The maximum Gasteiger partial charge on any atom is 0.416 e. The lowest BCUT2D eigenvalue weighted by atomic mass is 10.1. The molecule has 1 unspecified atom stereocenters. The van der Waals surface area contributed by atoms with Gasteiger partial charge in [-0.15, -0.1) is 0 Å². The summed E-state index contributed by atoms with van der Waals surface area (Å²) in [6, 6.07) is 4.20. The summed E-state index contributed by atoms with van der Waals surface area (Å²) in [6.07, 6.45) is -1.62. The normalized spacial score (nSPS) is 12.9. The molecule has 130 valence electrons. The summed E-state index contributed by atoms with van der Waals surface area (Å²) in [4.78, 5) is 16.0. The molecule has 3 N–H and O–H groups in total. The van der Waals surface area contributed by atoms with Crippen molar-refractivity contribution >= 4 is 5.91 Å². The number of carbonyl (C=O) groups excluding carboxylic acids is 1. The molecule has 0 radical (unpaired) electrons. The van der Waals surface area contributed by atoms with Gasteiger partial charge in [0, 0.05) is 6.54 Å². The summed E-state index contributed by atoms with van der Waals surface area (Å²) in [5.74, 6) is -0.190. The number of halogens is 3. The van der Waals surface area contributed by atoms with Crippen molar-refractivity contribution in [1.82, 2.24) is 10.3 Å². The van der Waals surface area contributed by atoms with Crippen LogP contribution in [-0.4, -0.2) is 10.9 Å². The number of hydrogen-bond donors (Lipinski definition) is 2. The van der Waals surface area contributed by atoms with Crippen molar-refractivity contribution in [3.8, 4) is 0 Å². The molecule has 1 aromatic heterocycles. The van der Waals surface area contributed by atoms with Crippen LogP contribution < -0.4 is 11.1 Å². The molecule has 1 amide bonds. The van der Waals surface area contributed by atoms with Gasteiger partial charge in [-0.05, 0) is 24.1 Å². The fraction of sp³-hybridized carbons (Fsp3) is 0.375. The standard InChI is InChI=1S/C16H18F3N3O2/c1-2-3-12(20)15-22-13(9-24-15)14(23)21-8-10-4-6-11(7-5-10)16(17,18)19/h4-7,9,12H,2-3,8,20H2,1H3,(H,21,23). The highest BCUT2D eigenvalue weighted by Crippen LogP contribution is 2.29. The highest BCUT2D eigenvalue weighted by molar-refractivity contribution is 5.91. The number of oxazole rings is 1. The van der Waals surface area contributed by atoms with E-state index in [-0.39, 0.29) is 24.2 Å². The van der Waals surface area contributed by atoms with Gasteiger partial charge in [0.05, 0.1) is 11.6 Å². The zero-order valence-electron chi connectivity index (χ0n) is 13.1. The van der Waals surface area contributed by atoms with Gasteiger partial charge >= 0.3 is 6.18 Å². The molecule has 1 aromatic carbocycles. The molecule has 0 aliphatic carbocycles. The van der Waals surface area contributed by atoms with Crippen LogP contribution in [0.5, 0.6) is 0 Å². The minimum atomic E-state index is -4.38. The Hall–Kier alpha value is -2.35. The summed E-state index contributed by atoms with van der Waals surface area (Å²) >= 11 is 0. The number of carbonyl (C=O) groups is 1. The maximum absolute atomic E-state index is 12.5. The average Bonchev–Trinajstić information content (AvgIpc) is 3.02. The number of nitrogens with two attached hydrogens (primary N) is 1. The quantitative estimate of drug-likeness (QED) is 0.843. The summed E-state index contributed by atoms with van der Waals surface area (Å²) in [5, 5.41) is 2.57. The van der Waals surface area contributed by atoms with E-state index in [1.165, 1.54) is 18.4 Å². The Morgan fingerprint density at radius 1 is 1.33 bits per heavy atom. The van der Waals surface area contributed by atoms with Gasteiger partial charge in [0.25, 0.3) is 5.91 Å². The Labute approximate surface area is 137 Å². The van der Waals surface area contributed by atoms with E-state index in [2.05, 4.69) is 10.3 Å². The number of aromatic nitrogens is 1. The van der Waals surface area contributed by atoms with Crippen LogP contribution in [0.4, 0.5) is 13.2 Å². The summed E-state index contributed by atoms with van der Waals surface area (Å²) in [5.41, 5.74) is 5.75. The lowest BCUT2D eigenvalue weighted by molar-refractivity contribution is -0.137. The Balaban J connectivity index is 1.93. The predicted octanol–water partition coefficient (Wildman–Crippen LogP) is 3.42. The van der Waals surface area contributed by atoms with Gasteiger partial charge in [-0.3, -0.25) is 4.79 Å². The molecule has 0 saturated heterocycles. The Morgan fingerprint density at radius 2 is 2.00 bits per heavy atom. The second kappa shape index (κ2) is 7.48. The number of nitrogens with one attached hydrogen (secondary N) is 1. The van der Waals surface area contributed by atoms with E-state index in [1.54, 1.807) is 0 Å². The van der Waals surface area contributed by atoms with Gasteiger partial charge < -0.3 is 15.5 Å². The van der Waals surface area contributed by atoms with Crippen molar-refractivity contribution in [2.75, 3.05) is 0 Å². The van der Waals surface area contributed by atoms with Crippen molar-refractivity contribution in [1.29, 1.82) is 0 Å². The van der Waals surface area contributed by atoms with E-state index in [4.69, 9.17) is 10.2 Å². The SMILES string of the molecule is CCCC(N)c1nc(C(=O)NCc2ccc(C(F)(F)F)cc2)co1. The lowest BCUT2D eigenvalue weighted by Gasteiger charge is -2.08. The third kappa shape index (κ3) is 4.58. The molecule has 2 rings (SSSR count). The third-order valence-electron chi connectivity index (χ3n) is 3.41. The van der Waals surface area contributed by atoms with Crippen LogP contribution in [0.25, 0.3) is 0 Å². The van der Waals surface area contributed by atoms with Crippen molar-refractivity contribution in [3.05, 3.63) is 53.2 Å². The highest BCUT2D eigenvalue weighted by Gasteiger charge is 2.29. The third-order valence-corrected chi connectivity index (χ3v) is 3.41. The Kier molecular flexibility index (Phi) is 5.61. The van der Waals surface area contributed by atoms with Crippen LogP contribution in [0.1, 0.15) is 53.3 Å². The minimum Gasteiger partial charge on any atom is -0.446 e. The fourth-order valence-electron chi connectivity index (χ4n) is 2.08. The number of alkyl halides is 3. The smallest absolute Gasteiger partial charge is 0.416 e. The van der Waals surface area contributed by atoms with Crippen molar-refractivity contribution < 1.29 is 22.4 Å². The number of hydrogen-bond acceptors (Lipinski definition) is 4. The highest BCUT2D eigenvalue weighted by atomic mass is 19.4. The molecule has 0 fully saturated rings. The summed E-state index contributed by atoms with van der Waals surface area (Å²) < 4.78 is 42.6. The topological polar surface area (TPSA) is 81.1 Å². The average molecular weight is 341 g/mol. The molecular formula is C16H18F3N3O2. The lowest BCUT2D eigenvalue weighted by Crippen LogP contribution is -2.23. The molecule has 2 aromatic rings. The van der Waals surface area contributed by atoms with Crippen LogP contribution in [0.15, 0.2) is 34.9 Å². The second-order valence-corrected chi connectivity index (χ2v) is 5.34. The van der Waals surface area contributed by atoms with Gasteiger partial charge in [0.2, 0.25) is 5.89 Å². The van der Waals surface area contributed by atoms with Crippen molar-refractivity contribution in [3.63, 3.8) is 0 Å². The molecule has 0 aliphatic rings. The van der Waals surface area contributed by atoms with Gasteiger partial charge in [-0.25, -0.2) is 4.98 Å². The van der Waals surface area contributed by atoms with Crippen LogP contribution in [-0.2, 0) is 12.7 Å². The number of amides is 1. The molecule has 8 heteroatoms. The van der Waals surface area contributed by atoms with Crippen LogP contribution >= 0.6 is 0 Å². The van der Waals surface area contributed by atoms with E-state index in [0.717, 1.165) is 18.6 Å². The molecular weight excluding hydrogens is 323 g/mol. The van der Waals surface area contributed by atoms with E-state index < -0.39 is 17.6 Å². The van der Waals surface area contributed by atoms with Gasteiger partial charge in [0.1, 0.15) is 6.26 Å². The zero-order valence-corrected chi connectivity index (χ0v) is 13.1. The number of benzene rings is 1. The molecule has 0 saturated carbocycles. The first kappa shape index (κ1) is 18.0. The van der Waals surface area contributed by atoms with E-state index in [1.807, 2.05) is 6.92 Å². The molecule has 1 heterocycles. The number of rotatable bonds is 6. The van der Waals surface area contributed by atoms with Crippen LogP contribution in [0, 0.1) is 0 Å². The zero-order chi connectivity index (χ0) is 17.7. The van der Waals surface area contributed by atoms with Crippen LogP contribution in [0.2, 0.25) is 0 Å². The number of nitrogens with zero attached hydrogens (tertiary/aromatic N) is 1. The largest absolute Gasteiger partial charge is 0.446 e. The first-order chi connectivity index (χ1) is 11.3. The van der Waals surface area contributed by atoms with E-state index in [0.29, 0.717) is 12.0 Å². The Morgan fingerprint density at radius 3 is 2.58 bits per heavy atom. The molecule has 1 atom stereocenters. The monoisotopic (exact) mass is 341 g/mol. The molecule has 5 nitrogen and oxygen atoms in total. The van der Waals surface area contributed by atoms with E-state index >= 15 is 0 Å². The first-order valence-electron chi connectivity index (χ1n) is 7.46. The predicted molar refractivity (Wildman–Crippen MR) is 81.0 cm³/mol. The maximum atomic E-state index is 12.5. The Bertz CT molecular complexity index is 681. The summed E-state index contributed by atoms with van der Waals surface area (Å²) in [7, 11) is 0. The minimum absolute atomic E-state index is 0.0835. The first-order valence-corrected chi connectivity index (χ1v) is 7.46. The molecule has 0 spiro atoms. The van der Waals surface area contributed by atoms with E-state index in [9.17, 15) is 18.0 Å². The second-order valence-electron chi connectivity index (χ2n) is 5.34. The van der Waals surface area contributed by atoms with Gasteiger partial charge in [0.15, 0.2) is 5.69 Å². The summed E-state index contributed by atoms with van der Waals surface area (Å²) in [6.45, 7) is 2.06. The van der Waals surface area contributed by atoms with Gasteiger partial charge in [-0.1, -0.05) is 25.5 Å². The van der Waals surface area contributed by atoms with Crippen molar-refractivity contribution in [2.45, 2.75) is 38.5 Å². The van der Waals surface area contributed by atoms with Crippen LogP contribution in [0.3, 0.4) is 0 Å². The fourth-order valence-corrected chi connectivity index (χ4v) is 2.08. The van der Waals surface area contributed by atoms with Crippen molar-refractivity contribution in [2.24, 2.45) is 5.73 Å². The van der Waals surface area contributed by atoms with Gasteiger partial charge in [-0.2, -0.15) is 13.2 Å². The molecule has 24 heavy (non-hydrogen) atoms.